The maximum atomic E-state index is 12.7. The molecule has 0 unspecified atom stereocenters. The highest BCUT2D eigenvalue weighted by Crippen LogP contribution is 2.26. The van der Waals surface area contributed by atoms with Gasteiger partial charge < -0.3 is 0 Å². The summed E-state index contributed by atoms with van der Waals surface area (Å²) in [4.78, 5) is 5.29. The van der Waals surface area contributed by atoms with Gasteiger partial charge in [0.05, 0.1) is 11.1 Å². The van der Waals surface area contributed by atoms with Crippen LogP contribution in [0, 0.1) is 5.95 Å². The van der Waals surface area contributed by atoms with Crippen molar-refractivity contribution >= 4 is 11.8 Å². The highest BCUT2D eigenvalue weighted by atomic mass is 32.2. The summed E-state index contributed by atoms with van der Waals surface area (Å²) < 4.78 is 14.4. The number of nitrogens with zero attached hydrogens (tertiary/aromatic N) is 3. The second kappa shape index (κ2) is 3.79. The third-order valence-corrected chi connectivity index (χ3v) is 2.55. The van der Waals surface area contributed by atoms with Crippen molar-refractivity contribution in [3.8, 4) is 0 Å². The molecule has 2 aromatic rings. The molecule has 5 heteroatoms. The van der Waals surface area contributed by atoms with Crippen molar-refractivity contribution in [2.45, 2.75) is 9.79 Å². The number of pyridine rings is 1. The Kier molecular flexibility index (Phi) is 2.49. The Morgan fingerprint density at radius 3 is 2.93 bits per heavy atom. The van der Waals surface area contributed by atoms with Gasteiger partial charge in [0.1, 0.15) is 0 Å². The van der Waals surface area contributed by atoms with Crippen molar-refractivity contribution in [3.05, 3.63) is 36.7 Å². The summed E-state index contributed by atoms with van der Waals surface area (Å²) in [6, 6.07) is 3.17. The average Bonchev–Trinajstić information content (AvgIpc) is 2.51. The first kappa shape index (κ1) is 9.21. The van der Waals surface area contributed by atoms with E-state index in [1.54, 1.807) is 16.9 Å². The van der Waals surface area contributed by atoms with Gasteiger partial charge in [0.25, 0.3) is 0 Å². The lowest BCUT2D eigenvalue weighted by atomic mass is 10.5. The van der Waals surface area contributed by atoms with Gasteiger partial charge in [-0.15, -0.1) is 0 Å². The van der Waals surface area contributed by atoms with Crippen LogP contribution < -0.4 is 0 Å². The highest BCUT2D eigenvalue weighted by molar-refractivity contribution is 7.99. The van der Waals surface area contributed by atoms with Crippen LogP contribution in [0.3, 0.4) is 0 Å². The molecule has 14 heavy (non-hydrogen) atoms. The molecule has 0 aliphatic heterocycles. The van der Waals surface area contributed by atoms with Crippen LogP contribution in [0.15, 0.2) is 40.5 Å². The second-order valence-corrected chi connectivity index (χ2v) is 3.91. The number of rotatable bonds is 2. The number of aryl methyl sites for hydroxylation is 1. The van der Waals surface area contributed by atoms with E-state index in [2.05, 4.69) is 10.1 Å². The molecule has 3 nitrogen and oxygen atoms in total. The monoisotopic (exact) mass is 209 g/mol. The molecule has 0 amide bonds. The maximum Gasteiger partial charge on any atom is 0.213 e. The molecule has 0 fully saturated rings. The van der Waals surface area contributed by atoms with Gasteiger partial charge in [-0.3, -0.25) is 4.68 Å². The Labute approximate surface area is 85.0 Å². The fourth-order valence-electron chi connectivity index (χ4n) is 1.04. The molecule has 2 aromatic heterocycles. The first-order valence-corrected chi connectivity index (χ1v) is 4.84. The lowest BCUT2D eigenvalue weighted by molar-refractivity contribution is 0.579. The van der Waals surface area contributed by atoms with E-state index in [1.807, 2.05) is 13.2 Å². The standard InChI is InChI=1S/C9H8FN3S/c1-13-6-8(5-12-13)14-7-2-3-11-9(10)4-7/h2-6H,1H3. The van der Waals surface area contributed by atoms with E-state index in [0.717, 1.165) is 9.79 Å². The summed E-state index contributed by atoms with van der Waals surface area (Å²) in [6.45, 7) is 0. The number of hydrogen-bond donors (Lipinski definition) is 0. The van der Waals surface area contributed by atoms with Crippen LogP contribution in [0.25, 0.3) is 0 Å². The lowest BCUT2D eigenvalue weighted by Gasteiger charge is -1.96. The molecule has 0 N–H and O–H groups in total. The van der Waals surface area contributed by atoms with Gasteiger partial charge in [-0.25, -0.2) is 4.98 Å². The normalized spacial score (nSPS) is 10.4. The van der Waals surface area contributed by atoms with Gasteiger partial charge in [-0.05, 0) is 6.07 Å². The van der Waals surface area contributed by atoms with Crippen molar-refractivity contribution in [2.24, 2.45) is 7.05 Å². The lowest BCUT2D eigenvalue weighted by Crippen LogP contribution is -1.84. The molecule has 0 spiro atoms. The van der Waals surface area contributed by atoms with Gasteiger partial charge in [0, 0.05) is 30.4 Å². The Morgan fingerprint density at radius 1 is 1.43 bits per heavy atom. The molecule has 0 radical (unpaired) electrons. The SMILES string of the molecule is Cn1cc(Sc2ccnc(F)c2)cn1. The van der Waals surface area contributed by atoms with Crippen LogP contribution in [0.4, 0.5) is 4.39 Å². The summed E-state index contributed by atoms with van der Waals surface area (Å²) in [5.74, 6) is -0.459. The van der Waals surface area contributed by atoms with Crippen molar-refractivity contribution in [3.63, 3.8) is 0 Å². The molecule has 0 bridgehead atoms. The van der Waals surface area contributed by atoms with Crippen LogP contribution in [0.1, 0.15) is 0 Å². The first-order chi connectivity index (χ1) is 6.74. The predicted molar refractivity (Wildman–Crippen MR) is 51.5 cm³/mol. The minimum absolute atomic E-state index is 0.459. The summed E-state index contributed by atoms with van der Waals surface area (Å²) >= 11 is 1.46. The Bertz CT molecular complexity index is 441. The average molecular weight is 209 g/mol. The van der Waals surface area contributed by atoms with Gasteiger partial charge in [-0.1, -0.05) is 11.8 Å². The molecule has 0 atom stereocenters. The van der Waals surface area contributed by atoms with Gasteiger partial charge in [0.15, 0.2) is 0 Å². The molecule has 0 saturated carbocycles. The summed E-state index contributed by atoms with van der Waals surface area (Å²) in [5, 5.41) is 4.02. The molecular weight excluding hydrogens is 201 g/mol. The van der Waals surface area contributed by atoms with Crippen LogP contribution in [-0.4, -0.2) is 14.8 Å². The number of aromatic nitrogens is 3. The van der Waals surface area contributed by atoms with Gasteiger partial charge in [0.2, 0.25) is 5.95 Å². The molecule has 2 heterocycles. The molecular formula is C9H8FN3S. The Morgan fingerprint density at radius 2 is 2.29 bits per heavy atom. The van der Waals surface area contributed by atoms with Crippen LogP contribution in [0.5, 0.6) is 0 Å². The number of hydrogen-bond acceptors (Lipinski definition) is 3. The van der Waals surface area contributed by atoms with Crippen LogP contribution in [-0.2, 0) is 7.05 Å². The fraction of sp³-hybridized carbons (Fsp3) is 0.111. The van der Waals surface area contributed by atoms with E-state index < -0.39 is 5.95 Å². The largest absolute Gasteiger partial charge is 0.275 e. The molecule has 0 saturated heterocycles. The van der Waals surface area contributed by atoms with Crippen molar-refractivity contribution < 1.29 is 4.39 Å². The van der Waals surface area contributed by atoms with Gasteiger partial charge in [-0.2, -0.15) is 9.49 Å². The van der Waals surface area contributed by atoms with Gasteiger partial charge >= 0.3 is 0 Å². The van der Waals surface area contributed by atoms with E-state index in [1.165, 1.54) is 24.0 Å². The van der Waals surface area contributed by atoms with Crippen molar-refractivity contribution in [2.75, 3.05) is 0 Å². The summed E-state index contributed by atoms with van der Waals surface area (Å²) in [7, 11) is 1.84. The summed E-state index contributed by atoms with van der Waals surface area (Å²) in [5.41, 5.74) is 0. The quantitative estimate of drug-likeness (QED) is 0.710. The van der Waals surface area contributed by atoms with Crippen molar-refractivity contribution in [1.82, 2.24) is 14.8 Å². The third-order valence-electron chi connectivity index (χ3n) is 1.61. The Hall–Kier alpha value is -1.36. The second-order valence-electron chi connectivity index (χ2n) is 2.77. The molecule has 0 aliphatic rings. The molecule has 72 valence electrons. The highest BCUT2D eigenvalue weighted by Gasteiger charge is 2.00. The molecule has 0 aliphatic carbocycles. The predicted octanol–water partition coefficient (Wildman–Crippen LogP) is 2.11. The molecule has 0 aromatic carbocycles. The molecule has 2 rings (SSSR count). The zero-order valence-corrected chi connectivity index (χ0v) is 8.33. The van der Waals surface area contributed by atoms with Crippen LogP contribution >= 0.6 is 11.8 Å². The van der Waals surface area contributed by atoms with E-state index >= 15 is 0 Å². The van der Waals surface area contributed by atoms with E-state index in [4.69, 9.17) is 0 Å². The minimum Gasteiger partial charge on any atom is -0.275 e. The first-order valence-electron chi connectivity index (χ1n) is 4.02. The third kappa shape index (κ3) is 2.11. The van der Waals surface area contributed by atoms with Crippen molar-refractivity contribution in [1.29, 1.82) is 0 Å². The topological polar surface area (TPSA) is 30.7 Å². The zero-order valence-electron chi connectivity index (χ0n) is 7.51. The maximum absolute atomic E-state index is 12.7. The zero-order chi connectivity index (χ0) is 9.97. The number of halogens is 1. The van der Waals surface area contributed by atoms with Crippen LogP contribution in [0.2, 0.25) is 0 Å². The fourth-order valence-corrected chi connectivity index (χ4v) is 1.90. The minimum atomic E-state index is -0.459. The smallest absolute Gasteiger partial charge is 0.213 e. The Balaban J connectivity index is 2.18. The van der Waals surface area contributed by atoms with E-state index in [0.29, 0.717) is 0 Å². The summed E-state index contributed by atoms with van der Waals surface area (Å²) in [6.07, 6.45) is 5.07. The van der Waals surface area contributed by atoms with E-state index in [-0.39, 0.29) is 0 Å². The van der Waals surface area contributed by atoms with E-state index in [9.17, 15) is 4.39 Å².